The number of rotatable bonds is 5. The summed E-state index contributed by atoms with van der Waals surface area (Å²) in [5.74, 6) is -3.63. The van der Waals surface area contributed by atoms with Crippen molar-refractivity contribution >= 4 is 40.1 Å². The summed E-state index contributed by atoms with van der Waals surface area (Å²) < 4.78 is 38.4. The molecule has 2 aromatic heterocycles. The molecule has 0 atom stereocenters. The normalized spacial score (nSPS) is 11.0. The largest absolute Gasteiger partial charge is 0.451 e. The van der Waals surface area contributed by atoms with Gasteiger partial charge in [-0.3, -0.25) is 9.59 Å². The summed E-state index contributed by atoms with van der Waals surface area (Å²) in [6.45, 7) is 0. The lowest BCUT2D eigenvalue weighted by Gasteiger charge is -2.03. The van der Waals surface area contributed by atoms with E-state index < -0.39 is 34.8 Å². The SMILES string of the molecule is NC(=O)c1oc2c(F)cc(F)cc2c1NC(=O)c1ccc(-c2cccc(CCl)c2)o1. The minimum absolute atomic E-state index is 0.0945. The molecule has 0 bridgehead atoms. The van der Waals surface area contributed by atoms with E-state index in [4.69, 9.17) is 26.2 Å². The Kier molecular flexibility index (Phi) is 5.01. The number of halogens is 3. The third kappa shape index (κ3) is 3.53. The van der Waals surface area contributed by atoms with Crippen molar-refractivity contribution in [2.24, 2.45) is 5.73 Å². The van der Waals surface area contributed by atoms with Gasteiger partial charge in [-0.2, -0.15) is 0 Å². The molecule has 0 aliphatic rings. The van der Waals surface area contributed by atoms with Crippen LogP contribution in [0.1, 0.15) is 26.7 Å². The standard InChI is InChI=1S/C21H13ClF2N2O4/c22-9-10-2-1-3-11(6-10)15-4-5-16(29-15)21(28)26-17-13-7-12(23)8-14(24)18(13)30-19(17)20(25)27/h1-8H,9H2,(H2,25,27)(H,26,28). The zero-order valence-corrected chi connectivity index (χ0v) is 15.9. The van der Waals surface area contributed by atoms with Gasteiger partial charge in [-0.1, -0.05) is 18.2 Å². The first-order chi connectivity index (χ1) is 14.4. The van der Waals surface area contributed by atoms with Crippen molar-refractivity contribution in [3.8, 4) is 11.3 Å². The van der Waals surface area contributed by atoms with Crippen molar-refractivity contribution in [3.05, 3.63) is 77.2 Å². The lowest BCUT2D eigenvalue weighted by Crippen LogP contribution is -2.16. The Hall–Kier alpha value is -3.65. The number of nitrogens with one attached hydrogen (secondary N) is 1. The summed E-state index contributed by atoms with van der Waals surface area (Å²) in [6, 6.07) is 11.8. The number of anilines is 1. The lowest BCUT2D eigenvalue weighted by atomic mass is 10.1. The third-order valence-electron chi connectivity index (χ3n) is 4.37. The second kappa shape index (κ2) is 7.64. The van der Waals surface area contributed by atoms with Crippen molar-refractivity contribution in [1.82, 2.24) is 0 Å². The van der Waals surface area contributed by atoms with Crippen LogP contribution in [0.25, 0.3) is 22.3 Å². The molecule has 2 amide bonds. The van der Waals surface area contributed by atoms with E-state index in [2.05, 4.69) is 5.32 Å². The predicted octanol–water partition coefficient (Wildman–Crippen LogP) is 5.06. The molecule has 152 valence electrons. The van der Waals surface area contributed by atoms with E-state index in [1.165, 1.54) is 6.07 Å². The molecular weight excluding hydrogens is 418 g/mol. The molecule has 0 aliphatic heterocycles. The number of alkyl halides is 1. The van der Waals surface area contributed by atoms with Gasteiger partial charge < -0.3 is 19.9 Å². The number of hydrogen-bond donors (Lipinski definition) is 2. The minimum atomic E-state index is -1.06. The van der Waals surface area contributed by atoms with Crippen molar-refractivity contribution in [1.29, 1.82) is 0 Å². The van der Waals surface area contributed by atoms with E-state index in [0.29, 0.717) is 23.3 Å². The molecule has 2 aromatic carbocycles. The molecule has 3 N–H and O–H groups in total. The van der Waals surface area contributed by atoms with Gasteiger partial charge in [0.1, 0.15) is 17.3 Å². The Labute approximate surface area is 173 Å². The van der Waals surface area contributed by atoms with E-state index >= 15 is 0 Å². The number of amides is 2. The topological polar surface area (TPSA) is 98.5 Å². The maximum atomic E-state index is 14.0. The first kappa shape index (κ1) is 19.7. The van der Waals surface area contributed by atoms with E-state index in [1.807, 2.05) is 12.1 Å². The lowest BCUT2D eigenvalue weighted by molar-refractivity contribution is 0.0977. The Morgan fingerprint density at radius 1 is 1.07 bits per heavy atom. The van der Waals surface area contributed by atoms with Gasteiger partial charge in [-0.25, -0.2) is 8.78 Å². The van der Waals surface area contributed by atoms with E-state index in [0.717, 1.165) is 11.6 Å². The van der Waals surface area contributed by atoms with Gasteiger partial charge >= 0.3 is 0 Å². The summed E-state index contributed by atoms with van der Waals surface area (Å²) in [7, 11) is 0. The van der Waals surface area contributed by atoms with Crippen LogP contribution in [0.3, 0.4) is 0 Å². The first-order valence-electron chi connectivity index (χ1n) is 8.65. The van der Waals surface area contributed by atoms with Gasteiger partial charge in [0.25, 0.3) is 11.8 Å². The summed E-state index contributed by atoms with van der Waals surface area (Å²) in [5.41, 5.74) is 6.19. The summed E-state index contributed by atoms with van der Waals surface area (Å²) in [5, 5.41) is 2.25. The van der Waals surface area contributed by atoms with Gasteiger partial charge in [0.2, 0.25) is 5.76 Å². The molecule has 0 spiro atoms. The molecule has 9 heteroatoms. The van der Waals surface area contributed by atoms with Gasteiger partial charge in [0, 0.05) is 17.5 Å². The van der Waals surface area contributed by atoms with Gasteiger partial charge in [-0.15, -0.1) is 11.6 Å². The molecule has 0 saturated heterocycles. The molecule has 4 rings (SSSR count). The van der Waals surface area contributed by atoms with Crippen LogP contribution in [0.5, 0.6) is 0 Å². The molecule has 0 unspecified atom stereocenters. The zero-order chi connectivity index (χ0) is 21.4. The van der Waals surface area contributed by atoms with Crippen molar-refractivity contribution in [3.63, 3.8) is 0 Å². The van der Waals surface area contributed by atoms with Gasteiger partial charge in [0.05, 0.1) is 5.39 Å². The van der Waals surface area contributed by atoms with Crippen LogP contribution in [-0.2, 0) is 5.88 Å². The molecule has 0 saturated carbocycles. The Morgan fingerprint density at radius 2 is 1.87 bits per heavy atom. The molecule has 0 fully saturated rings. The highest BCUT2D eigenvalue weighted by Gasteiger charge is 2.25. The highest BCUT2D eigenvalue weighted by molar-refractivity contribution is 6.17. The van der Waals surface area contributed by atoms with Crippen LogP contribution < -0.4 is 11.1 Å². The smallest absolute Gasteiger partial charge is 0.291 e. The molecule has 2 heterocycles. The number of hydrogen-bond acceptors (Lipinski definition) is 4. The number of primary amides is 1. The number of furan rings is 2. The molecule has 4 aromatic rings. The number of benzene rings is 2. The fraction of sp³-hybridized carbons (Fsp3) is 0.0476. The van der Waals surface area contributed by atoms with E-state index in [-0.39, 0.29) is 16.8 Å². The van der Waals surface area contributed by atoms with Crippen molar-refractivity contribution < 1.29 is 27.2 Å². The van der Waals surface area contributed by atoms with Gasteiger partial charge in [0.15, 0.2) is 17.2 Å². The van der Waals surface area contributed by atoms with Crippen molar-refractivity contribution in [2.45, 2.75) is 5.88 Å². The Bertz CT molecular complexity index is 1300. The van der Waals surface area contributed by atoms with E-state index in [1.54, 1.807) is 18.2 Å². The minimum Gasteiger partial charge on any atom is -0.451 e. The average molecular weight is 431 g/mol. The fourth-order valence-corrected chi connectivity index (χ4v) is 3.19. The number of carbonyl (C=O) groups is 2. The molecule has 30 heavy (non-hydrogen) atoms. The van der Waals surface area contributed by atoms with Gasteiger partial charge in [-0.05, 0) is 29.8 Å². The number of nitrogens with two attached hydrogens (primary N) is 1. The second-order valence-corrected chi connectivity index (χ2v) is 6.65. The summed E-state index contributed by atoms with van der Waals surface area (Å²) >= 11 is 5.84. The van der Waals surface area contributed by atoms with Crippen molar-refractivity contribution in [2.75, 3.05) is 5.32 Å². The van der Waals surface area contributed by atoms with Crippen LogP contribution in [0.15, 0.2) is 57.4 Å². The highest BCUT2D eigenvalue weighted by atomic mass is 35.5. The summed E-state index contributed by atoms with van der Waals surface area (Å²) in [6.07, 6.45) is 0. The number of carbonyl (C=O) groups excluding carboxylic acids is 2. The second-order valence-electron chi connectivity index (χ2n) is 6.39. The summed E-state index contributed by atoms with van der Waals surface area (Å²) in [4.78, 5) is 24.3. The zero-order valence-electron chi connectivity index (χ0n) is 15.2. The molecular formula is C21H13ClF2N2O4. The average Bonchev–Trinajstić information content (AvgIpc) is 3.34. The van der Waals surface area contributed by atoms with E-state index in [9.17, 15) is 18.4 Å². The van der Waals surface area contributed by atoms with Crippen LogP contribution >= 0.6 is 11.6 Å². The third-order valence-corrected chi connectivity index (χ3v) is 4.68. The molecule has 0 aliphatic carbocycles. The van der Waals surface area contributed by atoms with Crippen LogP contribution in [0, 0.1) is 11.6 Å². The van der Waals surface area contributed by atoms with Crippen LogP contribution in [0.2, 0.25) is 0 Å². The monoisotopic (exact) mass is 430 g/mol. The maximum Gasteiger partial charge on any atom is 0.291 e. The predicted molar refractivity (Wildman–Crippen MR) is 106 cm³/mol. The Balaban J connectivity index is 1.69. The highest BCUT2D eigenvalue weighted by Crippen LogP contribution is 2.34. The van der Waals surface area contributed by atoms with Crippen LogP contribution in [-0.4, -0.2) is 11.8 Å². The molecule has 0 radical (unpaired) electrons. The van der Waals surface area contributed by atoms with Crippen LogP contribution in [0.4, 0.5) is 14.5 Å². The number of fused-ring (bicyclic) bond motifs is 1. The Morgan fingerprint density at radius 3 is 2.60 bits per heavy atom. The fourth-order valence-electron chi connectivity index (χ4n) is 3.02. The maximum absolute atomic E-state index is 14.0. The molecule has 6 nitrogen and oxygen atoms in total. The first-order valence-corrected chi connectivity index (χ1v) is 9.18. The quantitative estimate of drug-likeness (QED) is 0.432.